The van der Waals surface area contributed by atoms with Gasteiger partial charge >= 0.3 is 0 Å². The van der Waals surface area contributed by atoms with Crippen molar-refractivity contribution in [1.82, 2.24) is 0 Å². The van der Waals surface area contributed by atoms with Gasteiger partial charge < -0.3 is 9.47 Å². The molecule has 1 rings (SSSR count). The molecule has 1 saturated heterocycles. The topological polar surface area (TPSA) is 18.5 Å². The molecule has 0 radical (unpaired) electrons. The summed E-state index contributed by atoms with van der Waals surface area (Å²) in [5.41, 5.74) is 0. The summed E-state index contributed by atoms with van der Waals surface area (Å²) in [6.45, 7) is 3.98. The quantitative estimate of drug-likeness (QED) is 0.603. The molecule has 0 N–H and O–H groups in total. The lowest BCUT2D eigenvalue weighted by molar-refractivity contribution is -0.227. The highest BCUT2D eigenvalue weighted by Gasteiger charge is 2.29. The average Bonchev–Trinajstić information content (AvgIpc) is 1.85. The molecular formula is C7H12Cl2O2. The van der Waals surface area contributed by atoms with Crippen LogP contribution in [0.5, 0.6) is 0 Å². The van der Waals surface area contributed by atoms with E-state index in [1.807, 2.05) is 13.8 Å². The van der Waals surface area contributed by atoms with Gasteiger partial charge in [0.15, 0.2) is 11.1 Å². The van der Waals surface area contributed by atoms with Crippen molar-refractivity contribution in [2.75, 3.05) is 0 Å². The van der Waals surface area contributed by atoms with Crippen LogP contribution in [0.2, 0.25) is 0 Å². The van der Waals surface area contributed by atoms with Gasteiger partial charge in [-0.3, -0.25) is 0 Å². The standard InChI is InChI=1S/C7H12Cl2O2/c1-4-3-5(2)11-7(10-4)6(8)9/h4-7H,3H2,1-2H3/t4-,5+,7?. The molecule has 1 aliphatic heterocycles. The van der Waals surface area contributed by atoms with Gasteiger partial charge in [-0.05, 0) is 20.3 Å². The van der Waals surface area contributed by atoms with Crippen molar-refractivity contribution in [3.63, 3.8) is 0 Å². The molecule has 2 nitrogen and oxygen atoms in total. The maximum atomic E-state index is 5.60. The van der Waals surface area contributed by atoms with E-state index in [1.165, 1.54) is 0 Å². The fourth-order valence-corrected chi connectivity index (χ4v) is 1.42. The van der Waals surface area contributed by atoms with E-state index < -0.39 is 11.1 Å². The summed E-state index contributed by atoms with van der Waals surface area (Å²) in [5, 5.41) is 0. The maximum Gasteiger partial charge on any atom is 0.188 e. The van der Waals surface area contributed by atoms with E-state index in [-0.39, 0.29) is 12.2 Å². The van der Waals surface area contributed by atoms with Crippen LogP contribution >= 0.6 is 23.2 Å². The van der Waals surface area contributed by atoms with Crippen LogP contribution in [-0.2, 0) is 9.47 Å². The van der Waals surface area contributed by atoms with Crippen LogP contribution in [0.3, 0.4) is 0 Å². The van der Waals surface area contributed by atoms with Gasteiger partial charge in [0.1, 0.15) is 0 Å². The van der Waals surface area contributed by atoms with Crippen molar-refractivity contribution in [3.05, 3.63) is 0 Å². The molecule has 0 aromatic rings. The van der Waals surface area contributed by atoms with Gasteiger partial charge in [0.2, 0.25) is 0 Å². The lowest BCUT2D eigenvalue weighted by Crippen LogP contribution is -2.38. The van der Waals surface area contributed by atoms with Crippen molar-refractivity contribution in [1.29, 1.82) is 0 Å². The molecular weight excluding hydrogens is 187 g/mol. The normalized spacial score (nSPS) is 39.5. The highest BCUT2D eigenvalue weighted by atomic mass is 35.5. The minimum Gasteiger partial charge on any atom is -0.347 e. The second-order valence-corrected chi connectivity index (χ2v) is 4.00. The Morgan fingerprint density at radius 1 is 1.18 bits per heavy atom. The second-order valence-electron chi connectivity index (χ2n) is 2.83. The zero-order chi connectivity index (χ0) is 8.43. The molecule has 1 heterocycles. The smallest absolute Gasteiger partial charge is 0.188 e. The van der Waals surface area contributed by atoms with Gasteiger partial charge in [-0.15, -0.1) is 0 Å². The molecule has 11 heavy (non-hydrogen) atoms. The Balaban J connectivity index is 2.43. The first-order valence-corrected chi connectivity index (χ1v) is 4.56. The van der Waals surface area contributed by atoms with E-state index in [0.717, 1.165) is 6.42 Å². The van der Waals surface area contributed by atoms with Gasteiger partial charge in [-0.2, -0.15) is 0 Å². The lowest BCUT2D eigenvalue weighted by atomic mass is 10.2. The first-order chi connectivity index (χ1) is 5.09. The summed E-state index contributed by atoms with van der Waals surface area (Å²) in [6.07, 6.45) is 0.807. The zero-order valence-corrected chi connectivity index (χ0v) is 8.10. The van der Waals surface area contributed by atoms with E-state index in [2.05, 4.69) is 0 Å². The fraction of sp³-hybridized carbons (Fsp3) is 1.00. The predicted molar refractivity (Wildman–Crippen MR) is 45.0 cm³/mol. The number of alkyl halides is 2. The number of rotatable bonds is 1. The van der Waals surface area contributed by atoms with Crippen LogP contribution in [0.4, 0.5) is 0 Å². The van der Waals surface area contributed by atoms with E-state index in [1.54, 1.807) is 0 Å². The summed E-state index contributed by atoms with van der Waals surface area (Å²) in [6, 6.07) is 0. The molecule has 1 fully saturated rings. The maximum absolute atomic E-state index is 5.60. The molecule has 0 aliphatic carbocycles. The highest BCUT2D eigenvalue weighted by Crippen LogP contribution is 2.23. The molecule has 0 aromatic carbocycles. The molecule has 4 heteroatoms. The van der Waals surface area contributed by atoms with Crippen LogP contribution in [0.1, 0.15) is 20.3 Å². The SMILES string of the molecule is C[C@@H]1C[C@H](C)OC(C(Cl)Cl)O1. The molecule has 1 unspecified atom stereocenters. The third kappa shape index (κ3) is 2.79. The van der Waals surface area contributed by atoms with E-state index in [9.17, 15) is 0 Å². The Kier molecular flexibility index (Phi) is 3.44. The minimum absolute atomic E-state index is 0.184. The fourth-order valence-electron chi connectivity index (χ4n) is 1.19. The van der Waals surface area contributed by atoms with E-state index in [4.69, 9.17) is 32.7 Å². The van der Waals surface area contributed by atoms with E-state index >= 15 is 0 Å². The van der Waals surface area contributed by atoms with Gasteiger partial charge in [0, 0.05) is 0 Å². The number of halogens is 2. The average molecular weight is 199 g/mol. The molecule has 0 aromatic heterocycles. The lowest BCUT2D eigenvalue weighted by Gasteiger charge is -2.32. The van der Waals surface area contributed by atoms with Gasteiger partial charge in [-0.1, -0.05) is 23.2 Å². The molecule has 1 aliphatic rings. The van der Waals surface area contributed by atoms with Crippen LogP contribution in [0.25, 0.3) is 0 Å². The third-order valence-corrected chi connectivity index (χ3v) is 2.01. The molecule has 0 saturated carbocycles. The van der Waals surface area contributed by atoms with Crippen molar-refractivity contribution in [3.8, 4) is 0 Å². The first-order valence-electron chi connectivity index (χ1n) is 3.68. The Bertz CT molecular complexity index is 120. The minimum atomic E-state index is -0.597. The van der Waals surface area contributed by atoms with Crippen LogP contribution in [-0.4, -0.2) is 23.3 Å². The van der Waals surface area contributed by atoms with Crippen molar-refractivity contribution < 1.29 is 9.47 Å². The summed E-state index contributed by atoms with van der Waals surface area (Å²) in [4.78, 5) is -0.597. The van der Waals surface area contributed by atoms with Gasteiger partial charge in [0.25, 0.3) is 0 Å². The Hall–Kier alpha value is 0.500. The zero-order valence-electron chi connectivity index (χ0n) is 6.59. The molecule has 0 bridgehead atoms. The van der Waals surface area contributed by atoms with Crippen molar-refractivity contribution in [2.24, 2.45) is 0 Å². The van der Waals surface area contributed by atoms with E-state index in [0.29, 0.717) is 0 Å². The predicted octanol–water partition coefficient (Wildman–Crippen LogP) is 2.33. The summed E-state index contributed by atoms with van der Waals surface area (Å²) in [7, 11) is 0. The van der Waals surface area contributed by atoms with Crippen LogP contribution in [0.15, 0.2) is 0 Å². The van der Waals surface area contributed by atoms with Crippen molar-refractivity contribution in [2.45, 2.75) is 43.6 Å². The second kappa shape index (κ2) is 3.94. The Labute approximate surface area is 76.8 Å². The molecule has 0 spiro atoms. The summed E-state index contributed by atoms with van der Waals surface area (Å²) < 4.78 is 10.7. The number of hydrogen-bond acceptors (Lipinski definition) is 2. The van der Waals surface area contributed by atoms with Crippen molar-refractivity contribution >= 4 is 23.2 Å². The molecule has 66 valence electrons. The number of ether oxygens (including phenoxy) is 2. The number of hydrogen-bond donors (Lipinski definition) is 0. The van der Waals surface area contributed by atoms with Gasteiger partial charge in [-0.25, -0.2) is 0 Å². The largest absolute Gasteiger partial charge is 0.347 e. The molecule has 3 atom stereocenters. The van der Waals surface area contributed by atoms with Gasteiger partial charge in [0.05, 0.1) is 12.2 Å². The monoisotopic (exact) mass is 198 g/mol. The third-order valence-electron chi connectivity index (χ3n) is 1.60. The summed E-state index contributed by atoms with van der Waals surface area (Å²) in [5.74, 6) is 0. The Morgan fingerprint density at radius 2 is 1.64 bits per heavy atom. The first kappa shape index (κ1) is 9.59. The summed E-state index contributed by atoms with van der Waals surface area (Å²) >= 11 is 11.2. The van der Waals surface area contributed by atoms with Crippen LogP contribution in [0, 0.1) is 0 Å². The van der Waals surface area contributed by atoms with Crippen LogP contribution < -0.4 is 0 Å². The highest BCUT2D eigenvalue weighted by molar-refractivity contribution is 6.44. The molecule has 0 amide bonds. The Morgan fingerprint density at radius 3 is 2.00 bits per heavy atom.